The maximum absolute atomic E-state index is 12.5. The summed E-state index contributed by atoms with van der Waals surface area (Å²) in [6.45, 7) is 1.86. The van der Waals surface area contributed by atoms with Crippen LogP contribution in [0.5, 0.6) is 5.75 Å². The second kappa shape index (κ2) is 7.98. The molecule has 2 heterocycles. The zero-order chi connectivity index (χ0) is 20.2. The van der Waals surface area contributed by atoms with Crippen molar-refractivity contribution in [3.05, 3.63) is 84.5 Å². The van der Waals surface area contributed by atoms with E-state index in [0.717, 1.165) is 28.0 Å². The molecule has 0 aliphatic carbocycles. The van der Waals surface area contributed by atoms with Crippen LogP contribution in [-0.4, -0.2) is 23.0 Å². The molecular formula is C23H19N3O3. The number of carbonyl (C=O) groups excluding carboxylic acids is 1. The molecule has 2 aromatic heterocycles. The van der Waals surface area contributed by atoms with Crippen molar-refractivity contribution in [2.24, 2.45) is 0 Å². The molecule has 0 saturated carbocycles. The minimum Gasteiger partial charge on any atom is -0.496 e. The lowest BCUT2D eigenvalue weighted by molar-refractivity contribution is 0.102. The molecule has 0 aliphatic heterocycles. The lowest BCUT2D eigenvalue weighted by atomic mass is 10.0. The lowest BCUT2D eigenvalue weighted by Gasteiger charge is -2.12. The van der Waals surface area contributed by atoms with Crippen LogP contribution >= 0.6 is 0 Å². The number of carbonyl (C=O) groups is 1. The number of pyridine rings is 1. The third-order valence-electron chi connectivity index (χ3n) is 4.60. The van der Waals surface area contributed by atoms with Gasteiger partial charge in [-0.2, -0.15) is 0 Å². The van der Waals surface area contributed by atoms with Crippen LogP contribution in [0, 0.1) is 6.92 Å². The first kappa shape index (κ1) is 18.4. The van der Waals surface area contributed by atoms with Crippen LogP contribution < -0.4 is 10.1 Å². The molecule has 0 radical (unpaired) electrons. The molecule has 6 heteroatoms. The van der Waals surface area contributed by atoms with Crippen molar-refractivity contribution in [1.29, 1.82) is 0 Å². The highest BCUT2D eigenvalue weighted by Crippen LogP contribution is 2.34. The molecule has 4 rings (SSSR count). The average molecular weight is 385 g/mol. The third kappa shape index (κ3) is 3.87. The highest BCUT2D eigenvalue weighted by Gasteiger charge is 2.12. The van der Waals surface area contributed by atoms with Gasteiger partial charge in [-0.25, -0.2) is 4.98 Å². The molecule has 4 aromatic rings. The number of rotatable bonds is 5. The normalized spacial score (nSPS) is 10.6. The molecule has 6 nitrogen and oxygen atoms in total. The molecule has 0 unspecified atom stereocenters. The molecule has 0 saturated heterocycles. The van der Waals surface area contributed by atoms with E-state index in [2.05, 4.69) is 15.3 Å². The zero-order valence-corrected chi connectivity index (χ0v) is 16.0. The fraction of sp³-hybridized carbons (Fsp3) is 0.0870. The lowest BCUT2D eigenvalue weighted by Crippen LogP contribution is -2.13. The van der Waals surface area contributed by atoms with Crippen LogP contribution in [0.3, 0.4) is 0 Å². The van der Waals surface area contributed by atoms with Gasteiger partial charge in [-0.3, -0.25) is 9.78 Å². The van der Waals surface area contributed by atoms with Gasteiger partial charge in [0.25, 0.3) is 5.91 Å². The minimum atomic E-state index is -0.166. The van der Waals surface area contributed by atoms with E-state index in [4.69, 9.17) is 9.15 Å². The van der Waals surface area contributed by atoms with Gasteiger partial charge in [0.2, 0.25) is 5.89 Å². The van der Waals surface area contributed by atoms with Gasteiger partial charge >= 0.3 is 0 Å². The predicted octanol–water partition coefficient (Wildman–Crippen LogP) is 4.97. The number of ether oxygens (including phenoxy) is 1. The number of anilines is 1. The Morgan fingerprint density at radius 2 is 1.83 bits per heavy atom. The Labute approximate surface area is 168 Å². The van der Waals surface area contributed by atoms with Crippen molar-refractivity contribution in [2.75, 3.05) is 12.4 Å². The number of aromatic nitrogens is 2. The first-order chi connectivity index (χ1) is 14.2. The Hall–Kier alpha value is -3.93. The van der Waals surface area contributed by atoms with Crippen LogP contribution in [0.4, 0.5) is 5.69 Å². The summed E-state index contributed by atoms with van der Waals surface area (Å²) in [5, 5.41) is 2.92. The summed E-state index contributed by atoms with van der Waals surface area (Å²) < 4.78 is 10.9. The number of benzene rings is 2. The molecule has 1 amide bonds. The van der Waals surface area contributed by atoms with Crippen molar-refractivity contribution in [1.82, 2.24) is 9.97 Å². The van der Waals surface area contributed by atoms with Crippen molar-refractivity contribution in [3.63, 3.8) is 0 Å². The number of hydrogen-bond donors (Lipinski definition) is 1. The monoisotopic (exact) mass is 385 g/mol. The molecule has 0 spiro atoms. The van der Waals surface area contributed by atoms with E-state index in [1.807, 2.05) is 49.4 Å². The van der Waals surface area contributed by atoms with Crippen LogP contribution in [0.25, 0.3) is 22.6 Å². The summed E-state index contributed by atoms with van der Waals surface area (Å²) in [6.07, 6.45) is 6.44. The third-order valence-corrected chi connectivity index (χ3v) is 4.60. The van der Waals surface area contributed by atoms with E-state index >= 15 is 0 Å². The SMILES string of the molecule is COc1ccc(-c2ncco2)cc1-c1ccc(NC(=O)c2ccncc2C)cc1. The fourth-order valence-corrected chi connectivity index (χ4v) is 3.09. The van der Waals surface area contributed by atoms with Crippen molar-refractivity contribution >= 4 is 11.6 Å². The molecule has 0 fully saturated rings. The summed E-state index contributed by atoms with van der Waals surface area (Å²) in [5.74, 6) is 1.12. The summed E-state index contributed by atoms with van der Waals surface area (Å²) in [6, 6.07) is 15.1. The maximum Gasteiger partial charge on any atom is 0.256 e. The summed E-state index contributed by atoms with van der Waals surface area (Å²) in [4.78, 5) is 20.7. The van der Waals surface area contributed by atoms with Crippen molar-refractivity contribution in [3.8, 4) is 28.3 Å². The highest BCUT2D eigenvalue weighted by atomic mass is 16.5. The first-order valence-corrected chi connectivity index (χ1v) is 9.06. The zero-order valence-electron chi connectivity index (χ0n) is 16.0. The second-order valence-corrected chi connectivity index (χ2v) is 6.47. The number of nitrogens with zero attached hydrogens (tertiary/aromatic N) is 2. The molecule has 0 aliphatic rings. The van der Waals surface area contributed by atoms with E-state index in [9.17, 15) is 4.79 Å². The van der Waals surface area contributed by atoms with Gasteiger partial charge < -0.3 is 14.5 Å². The topological polar surface area (TPSA) is 77.3 Å². The quantitative estimate of drug-likeness (QED) is 0.525. The minimum absolute atomic E-state index is 0.166. The van der Waals surface area contributed by atoms with Gasteiger partial charge in [-0.15, -0.1) is 0 Å². The van der Waals surface area contributed by atoms with Gasteiger partial charge in [0.15, 0.2) is 0 Å². The van der Waals surface area contributed by atoms with Crippen molar-refractivity contribution < 1.29 is 13.9 Å². The number of methoxy groups -OCH3 is 1. The van der Waals surface area contributed by atoms with E-state index in [-0.39, 0.29) is 5.91 Å². The predicted molar refractivity (Wildman–Crippen MR) is 111 cm³/mol. The Morgan fingerprint density at radius 3 is 2.52 bits per heavy atom. The van der Waals surface area contributed by atoms with Crippen LogP contribution in [0.15, 0.2) is 77.8 Å². The van der Waals surface area contributed by atoms with E-state index in [0.29, 0.717) is 17.1 Å². The van der Waals surface area contributed by atoms with Gasteiger partial charge in [-0.05, 0) is 54.4 Å². The van der Waals surface area contributed by atoms with Crippen molar-refractivity contribution in [2.45, 2.75) is 6.92 Å². The molecule has 144 valence electrons. The van der Waals surface area contributed by atoms with E-state index in [1.54, 1.807) is 38.0 Å². The van der Waals surface area contributed by atoms with Crippen LogP contribution in [0.1, 0.15) is 15.9 Å². The molecule has 29 heavy (non-hydrogen) atoms. The molecule has 0 bridgehead atoms. The number of hydrogen-bond acceptors (Lipinski definition) is 5. The van der Waals surface area contributed by atoms with Gasteiger partial charge in [0.05, 0.1) is 13.3 Å². The first-order valence-electron chi connectivity index (χ1n) is 9.06. The number of nitrogens with one attached hydrogen (secondary N) is 1. The molecular weight excluding hydrogens is 366 g/mol. The second-order valence-electron chi connectivity index (χ2n) is 6.47. The van der Waals surface area contributed by atoms with Gasteiger partial charge in [0, 0.05) is 34.8 Å². The van der Waals surface area contributed by atoms with Gasteiger partial charge in [-0.1, -0.05) is 12.1 Å². The van der Waals surface area contributed by atoms with Gasteiger partial charge in [0.1, 0.15) is 12.0 Å². The Bertz CT molecular complexity index is 1140. The Morgan fingerprint density at radius 1 is 1.03 bits per heavy atom. The maximum atomic E-state index is 12.5. The van der Waals surface area contributed by atoms with Crippen LogP contribution in [-0.2, 0) is 0 Å². The number of oxazole rings is 1. The molecule has 2 aromatic carbocycles. The number of aryl methyl sites for hydroxylation is 1. The smallest absolute Gasteiger partial charge is 0.256 e. The molecule has 1 N–H and O–H groups in total. The Balaban J connectivity index is 1.60. The van der Waals surface area contributed by atoms with E-state index < -0.39 is 0 Å². The largest absolute Gasteiger partial charge is 0.496 e. The van der Waals surface area contributed by atoms with E-state index in [1.165, 1.54) is 0 Å². The Kier molecular flexibility index (Phi) is 5.07. The average Bonchev–Trinajstić information content (AvgIpc) is 3.29. The standard InChI is InChI=1S/C23H19N3O3/c1-15-14-24-10-9-19(15)22(27)26-18-6-3-16(4-7-18)20-13-17(5-8-21(20)28-2)23-25-11-12-29-23/h3-14H,1-2H3,(H,26,27). The summed E-state index contributed by atoms with van der Waals surface area (Å²) >= 11 is 0. The number of amides is 1. The summed E-state index contributed by atoms with van der Waals surface area (Å²) in [5.41, 5.74) is 4.85. The molecule has 0 atom stereocenters. The van der Waals surface area contributed by atoms with Crippen LogP contribution in [0.2, 0.25) is 0 Å². The summed E-state index contributed by atoms with van der Waals surface area (Å²) in [7, 11) is 1.63. The highest BCUT2D eigenvalue weighted by molar-refractivity contribution is 6.05. The fourth-order valence-electron chi connectivity index (χ4n) is 3.09.